The summed E-state index contributed by atoms with van der Waals surface area (Å²) in [5, 5.41) is 9.02. The van der Waals surface area contributed by atoms with Gasteiger partial charge in [-0.2, -0.15) is 5.10 Å². The first-order valence-corrected chi connectivity index (χ1v) is 6.43. The third-order valence-corrected chi connectivity index (χ3v) is 3.06. The van der Waals surface area contributed by atoms with Crippen molar-refractivity contribution in [3.8, 4) is 11.5 Å². The van der Waals surface area contributed by atoms with Crippen LogP contribution in [0.1, 0.15) is 15.9 Å². The molecule has 1 amide bonds. The number of anilines is 1. The molecule has 1 aromatic carbocycles. The molecule has 4 N–H and O–H groups in total. The van der Waals surface area contributed by atoms with Gasteiger partial charge in [0.15, 0.2) is 11.5 Å². The van der Waals surface area contributed by atoms with Gasteiger partial charge in [0, 0.05) is 6.54 Å². The number of H-pyrrole nitrogens is 1. The minimum atomic E-state index is -0.248. The standard InChI is InChI=1S/C14H18N4O3/c1-20-11-4-3-9(7-12(11)21-2)5-6-16-14(19)10-8-17-18-13(10)15/h3-4,7-8H,5-6H2,1-2H3,(H,16,19)(H3,15,17,18). The molecule has 0 unspecified atom stereocenters. The Labute approximate surface area is 122 Å². The van der Waals surface area contributed by atoms with Crippen LogP contribution < -0.4 is 20.5 Å². The number of carbonyl (C=O) groups is 1. The maximum Gasteiger partial charge on any atom is 0.256 e. The lowest BCUT2D eigenvalue weighted by Crippen LogP contribution is -2.26. The highest BCUT2D eigenvalue weighted by atomic mass is 16.5. The summed E-state index contributed by atoms with van der Waals surface area (Å²) in [5.41, 5.74) is 6.97. The van der Waals surface area contributed by atoms with Crippen molar-refractivity contribution in [2.75, 3.05) is 26.5 Å². The van der Waals surface area contributed by atoms with Crippen molar-refractivity contribution < 1.29 is 14.3 Å². The van der Waals surface area contributed by atoms with Crippen molar-refractivity contribution in [3.05, 3.63) is 35.5 Å². The molecule has 1 aromatic heterocycles. The highest BCUT2D eigenvalue weighted by molar-refractivity contribution is 5.98. The van der Waals surface area contributed by atoms with Crippen molar-refractivity contribution in [2.45, 2.75) is 6.42 Å². The predicted octanol–water partition coefficient (Wildman–Crippen LogP) is 0.982. The Hall–Kier alpha value is -2.70. The van der Waals surface area contributed by atoms with Gasteiger partial charge in [0.25, 0.3) is 5.91 Å². The SMILES string of the molecule is COc1ccc(CCNC(=O)c2cn[nH]c2N)cc1OC. The number of nitrogens with zero attached hydrogens (tertiary/aromatic N) is 1. The fourth-order valence-electron chi connectivity index (χ4n) is 1.93. The quantitative estimate of drug-likeness (QED) is 0.736. The smallest absolute Gasteiger partial charge is 0.256 e. The first-order valence-electron chi connectivity index (χ1n) is 6.43. The van der Waals surface area contributed by atoms with Crippen LogP contribution in [0.5, 0.6) is 11.5 Å². The molecule has 112 valence electrons. The van der Waals surface area contributed by atoms with E-state index in [4.69, 9.17) is 15.2 Å². The zero-order valence-corrected chi connectivity index (χ0v) is 12.0. The molecule has 0 radical (unpaired) electrons. The van der Waals surface area contributed by atoms with E-state index in [1.807, 2.05) is 18.2 Å². The molecule has 2 rings (SSSR count). The number of aromatic amines is 1. The summed E-state index contributed by atoms with van der Waals surface area (Å²) in [6.45, 7) is 0.485. The van der Waals surface area contributed by atoms with Gasteiger partial charge in [-0.1, -0.05) is 6.07 Å². The number of hydrogen-bond acceptors (Lipinski definition) is 5. The summed E-state index contributed by atoms with van der Waals surface area (Å²) < 4.78 is 10.4. The lowest BCUT2D eigenvalue weighted by Gasteiger charge is -2.10. The lowest BCUT2D eigenvalue weighted by molar-refractivity contribution is 0.0955. The number of ether oxygens (including phenoxy) is 2. The van der Waals surface area contributed by atoms with Crippen molar-refractivity contribution in [1.82, 2.24) is 15.5 Å². The van der Waals surface area contributed by atoms with E-state index in [0.717, 1.165) is 5.56 Å². The van der Waals surface area contributed by atoms with Crippen LogP contribution in [0.2, 0.25) is 0 Å². The molecule has 7 nitrogen and oxygen atoms in total. The number of methoxy groups -OCH3 is 2. The summed E-state index contributed by atoms with van der Waals surface area (Å²) in [5.74, 6) is 1.36. The molecule has 0 aliphatic carbocycles. The van der Waals surface area contributed by atoms with Crippen LogP contribution in [0.15, 0.2) is 24.4 Å². The highest BCUT2D eigenvalue weighted by Crippen LogP contribution is 2.27. The fourth-order valence-corrected chi connectivity index (χ4v) is 1.93. The number of nitrogen functional groups attached to an aromatic ring is 1. The Balaban J connectivity index is 1.92. The Kier molecular flexibility index (Phi) is 4.65. The second-order valence-corrected chi connectivity index (χ2v) is 4.39. The number of amides is 1. The summed E-state index contributed by atoms with van der Waals surface area (Å²) in [4.78, 5) is 11.8. The lowest BCUT2D eigenvalue weighted by atomic mass is 10.1. The number of benzene rings is 1. The minimum absolute atomic E-state index is 0.248. The molecule has 21 heavy (non-hydrogen) atoms. The van der Waals surface area contributed by atoms with E-state index >= 15 is 0 Å². The van der Waals surface area contributed by atoms with Crippen molar-refractivity contribution >= 4 is 11.7 Å². The zero-order chi connectivity index (χ0) is 15.2. The fraction of sp³-hybridized carbons (Fsp3) is 0.286. The van der Waals surface area contributed by atoms with E-state index in [2.05, 4.69) is 15.5 Å². The van der Waals surface area contributed by atoms with E-state index in [1.165, 1.54) is 6.20 Å². The van der Waals surface area contributed by atoms with Crippen LogP contribution in [0.3, 0.4) is 0 Å². The number of nitrogens with one attached hydrogen (secondary N) is 2. The van der Waals surface area contributed by atoms with Gasteiger partial charge in [-0.3, -0.25) is 9.89 Å². The molecule has 0 saturated carbocycles. The highest BCUT2D eigenvalue weighted by Gasteiger charge is 2.11. The molecule has 0 bridgehead atoms. The van der Waals surface area contributed by atoms with E-state index in [1.54, 1.807) is 14.2 Å². The third-order valence-electron chi connectivity index (χ3n) is 3.06. The monoisotopic (exact) mass is 290 g/mol. The van der Waals surface area contributed by atoms with Gasteiger partial charge in [-0.15, -0.1) is 0 Å². The Bertz CT molecular complexity index is 624. The van der Waals surface area contributed by atoms with Gasteiger partial charge in [-0.05, 0) is 24.1 Å². The number of hydrogen-bond donors (Lipinski definition) is 3. The van der Waals surface area contributed by atoms with Crippen LogP contribution >= 0.6 is 0 Å². The first kappa shape index (κ1) is 14.7. The van der Waals surface area contributed by atoms with Gasteiger partial charge in [0.2, 0.25) is 0 Å². The molecule has 0 aliphatic rings. The van der Waals surface area contributed by atoms with Crippen LogP contribution in [-0.2, 0) is 6.42 Å². The van der Waals surface area contributed by atoms with Crippen LogP contribution in [0.4, 0.5) is 5.82 Å². The van der Waals surface area contributed by atoms with E-state index < -0.39 is 0 Å². The third kappa shape index (κ3) is 3.44. The molecule has 1 heterocycles. The Morgan fingerprint density at radius 3 is 2.71 bits per heavy atom. The number of aromatic nitrogens is 2. The minimum Gasteiger partial charge on any atom is -0.493 e. The average molecular weight is 290 g/mol. The van der Waals surface area contributed by atoms with Gasteiger partial charge in [0.1, 0.15) is 11.4 Å². The second kappa shape index (κ2) is 6.65. The van der Waals surface area contributed by atoms with Crippen LogP contribution in [-0.4, -0.2) is 36.9 Å². The normalized spacial score (nSPS) is 10.2. The Morgan fingerprint density at radius 1 is 1.33 bits per heavy atom. The van der Waals surface area contributed by atoms with Crippen molar-refractivity contribution in [3.63, 3.8) is 0 Å². The van der Waals surface area contributed by atoms with Gasteiger partial charge < -0.3 is 20.5 Å². The molecule has 0 atom stereocenters. The van der Waals surface area contributed by atoms with Crippen LogP contribution in [0, 0.1) is 0 Å². The maximum absolute atomic E-state index is 11.8. The first-order chi connectivity index (χ1) is 10.2. The predicted molar refractivity (Wildman–Crippen MR) is 78.6 cm³/mol. The second-order valence-electron chi connectivity index (χ2n) is 4.39. The number of rotatable bonds is 6. The molecule has 0 spiro atoms. The largest absolute Gasteiger partial charge is 0.493 e. The van der Waals surface area contributed by atoms with E-state index in [9.17, 15) is 4.79 Å². The van der Waals surface area contributed by atoms with Crippen molar-refractivity contribution in [2.24, 2.45) is 0 Å². The molecular formula is C14H18N4O3. The molecule has 2 aromatic rings. The number of nitrogens with two attached hydrogens (primary N) is 1. The summed E-state index contributed by atoms with van der Waals surface area (Å²) in [6, 6.07) is 5.65. The molecule has 7 heteroatoms. The summed E-state index contributed by atoms with van der Waals surface area (Å²) in [6.07, 6.45) is 2.07. The summed E-state index contributed by atoms with van der Waals surface area (Å²) >= 11 is 0. The topological polar surface area (TPSA) is 102 Å². The molecule has 0 fully saturated rings. The number of carbonyl (C=O) groups excluding carboxylic acids is 1. The van der Waals surface area contributed by atoms with Gasteiger partial charge >= 0.3 is 0 Å². The van der Waals surface area contributed by atoms with Crippen molar-refractivity contribution in [1.29, 1.82) is 0 Å². The van der Waals surface area contributed by atoms with Gasteiger partial charge in [0.05, 0.1) is 20.4 Å². The molecular weight excluding hydrogens is 272 g/mol. The average Bonchev–Trinajstić information content (AvgIpc) is 2.93. The molecule has 0 saturated heterocycles. The van der Waals surface area contributed by atoms with E-state index in [-0.39, 0.29) is 11.7 Å². The zero-order valence-electron chi connectivity index (χ0n) is 12.0. The maximum atomic E-state index is 11.8. The summed E-state index contributed by atoms with van der Waals surface area (Å²) in [7, 11) is 3.18. The van der Waals surface area contributed by atoms with Crippen LogP contribution in [0.25, 0.3) is 0 Å². The Morgan fingerprint density at radius 2 is 2.10 bits per heavy atom. The van der Waals surface area contributed by atoms with Gasteiger partial charge in [-0.25, -0.2) is 0 Å². The molecule has 0 aliphatic heterocycles. The van der Waals surface area contributed by atoms with E-state index in [0.29, 0.717) is 30.0 Å².